The summed E-state index contributed by atoms with van der Waals surface area (Å²) in [7, 11) is 0. The van der Waals surface area contributed by atoms with E-state index in [-0.39, 0.29) is 11.8 Å². The van der Waals surface area contributed by atoms with Crippen molar-refractivity contribution in [2.75, 3.05) is 5.73 Å². The van der Waals surface area contributed by atoms with Gasteiger partial charge in [0.15, 0.2) is 11.4 Å². The molecule has 0 amide bonds. The summed E-state index contributed by atoms with van der Waals surface area (Å²) in [5.74, 6) is 0.287. The van der Waals surface area contributed by atoms with Crippen molar-refractivity contribution < 1.29 is 8.81 Å². The molecule has 0 unspecified atom stereocenters. The number of aromatic nitrogens is 4. The summed E-state index contributed by atoms with van der Waals surface area (Å²) >= 11 is 0. The van der Waals surface area contributed by atoms with E-state index >= 15 is 0 Å². The van der Waals surface area contributed by atoms with Gasteiger partial charge >= 0.3 is 0 Å². The number of furan rings is 1. The number of rotatable bonds is 1. The van der Waals surface area contributed by atoms with Crippen LogP contribution in [0.5, 0.6) is 0 Å². The summed E-state index contributed by atoms with van der Waals surface area (Å²) in [6.07, 6.45) is 1.60. The lowest BCUT2D eigenvalue weighted by Gasteiger charge is -1.99. The van der Waals surface area contributed by atoms with E-state index in [4.69, 9.17) is 10.2 Å². The molecular formula is C13H8FN5O. The number of benzene rings is 1. The van der Waals surface area contributed by atoms with Crippen LogP contribution < -0.4 is 5.73 Å². The Morgan fingerprint density at radius 1 is 1.20 bits per heavy atom. The fourth-order valence-corrected chi connectivity index (χ4v) is 2.17. The fourth-order valence-electron chi connectivity index (χ4n) is 2.17. The minimum atomic E-state index is -0.319. The first-order valence-corrected chi connectivity index (χ1v) is 5.87. The van der Waals surface area contributed by atoms with Gasteiger partial charge in [0.25, 0.3) is 0 Å². The second kappa shape index (κ2) is 3.77. The molecule has 4 rings (SSSR count). The molecule has 0 aliphatic carbocycles. The molecule has 0 fully saturated rings. The molecule has 0 radical (unpaired) electrons. The Balaban J connectivity index is 2.02. The van der Waals surface area contributed by atoms with Crippen LogP contribution in [-0.4, -0.2) is 20.2 Å². The smallest absolute Gasteiger partial charge is 0.222 e. The number of fused-ring (bicyclic) bond motifs is 2. The van der Waals surface area contributed by atoms with Gasteiger partial charge in [-0.3, -0.25) is 5.10 Å². The quantitative estimate of drug-likeness (QED) is 0.553. The molecule has 20 heavy (non-hydrogen) atoms. The van der Waals surface area contributed by atoms with Crippen molar-refractivity contribution >= 4 is 28.0 Å². The molecule has 3 aromatic heterocycles. The van der Waals surface area contributed by atoms with Gasteiger partial charge in [0.05, 0.1) is 11.6 Å². The molecule has 4 aromatic rings. The van der Waals surface area contributed by atoms with Crippen LogP contribution in [0.2, 0.25) is 0 Å². The number of nitrogens with zero attached hydrogens (tertiary/aromatic N) is 3. The average Bonchev–Trinajstić information content (AvgIpc) is 3.02. The van der Waals surface area contributed by atoms with Gasteiger partial charge < -0.3 is 10.2 Å². The van der Waals surface area contributed by atoms with Crippen LogP contribution in [-0.2, 0) is 0 Å². The summed E-state index contributed by atoms with van der Waals surface area (Å²) in [5, 5.41) is 8.00. The van der Waals surface area contributed by atoms with Crippen LogP contribution in [0.4, 0.5) is 10.3 Å². The maximum atomic E-state index is 13.2. The van der Waals surface area contributed by atoms with E-state index in [2.05, 4.69) is 20.2 Å². The van der Waals surface area contributed by atoms with Crippen LogP contribution in [0.3, 0.4) is 0 Å². The number of nitrogen functional groups attached to an aromatic ring is 1. The normalized spacial score (nSPS) is 11.4. The third kappa shape index (κ3) is 1.53. The van der Waals surface area contributed by atoms with Gasteiger partial charge in [0, 0.05) is 5.39 Å². The van der Waals surface area contributed by atoms with Crippen LogP contribution >= 0.6 is 0 Å². The number of nitrogens with two attached hydrogens (primary N) is 1. The lowest BCUT2D eigenvalue weighted by atomic mass is 10.2. The SMILES string of the molecule is Nc1nc(-c2cc3cc(F)ccc3o2)c2cn[nH]c2n1. The third-order valence-electron chi connectivity index (χ3n) is 3.04. The van der Waals surface area contributed by atoms with Gasteiger partial charge in [-0.1, -0.05) is 0 Å². The lowest BCUT2D eigenvalue weighted by molar-refractivity contribution is 0.618. The van der Waals surface area contributed by atoms with Crippen LogP contribution in [0.15, 0.2) is 34.9 Å². The van der Waals surface area contributed by atoms with Crippen molar-refractivity contribution in [3.8, 4) is 11.5 Å². The molecule has 0 aliphatic rings. The summed E-state index contributed by atoms with van der Waals surface area (Å²) in [4.78, 5) is 8.22. The average molecular weight is 269 g/mol. The van der Waals surface area contributed by atoms with Crippen LogP contribution in [0, 0.1) is 5.82 Å². The first-order chi connectivity index (χ1) is 9.70. The minimum absolute atomic E-state index is 0.114. The van der Waals surface area contributed by atoms with E-state index in [9.17, 15) is 4.39 Å². The van der Waals surface area contributed by atoms with Gasteiger partial charge in [0.1, 0.15) is 17.1 Å². The van der Waals surface area contributed by atoms with Crippen molar-refractivity contribution in [1.29, 1.82) is 0 Å². The predicted octanol–water partition coefficient (Wildman–Crippen LogP) is 2.49. The lowest BCUT2D eigenvalue weighted by Crippen LogP contribution is -1.96. The van der Waals surface area contributed by atoms with Gasteiger partial charge in [-0.05, 0) is 24.3 Å². The Bertz CT molecular complexity index is 942. The standard InChI is InChI=1S/C13H8FN5O/c14-7-1-2-9-6(3-7)4-10(20-9)11-8-5-16-19-12(8)18-13(15)17-11/h1-5H,(H3,15,16,17,18,19). The zero-order valence-corrected chi connectivity index (χ0v) is 10.1. The molecule has 0 bridgehead atoms. The summed E-state index contributed by atoms with van der Waals surface area (Å²) in [5.41, 5.74) is 7.30. The molecule has 7 heteroatoms. The first-order valence-electron chi connectivity index (χ1n) is 5.87. The van der Waals surface area contributed by atoms with E-state index in [1.54, 1.807) is 18.3 Å². The van der Waals surface area contributed by atoms with Crippen molar-refractivity contribution in [2.45, 2.75) is 0 Å². The summed E-state index contributed by atoms with van der Waals surface area (Å²) in [6, 6.07) is 6.04. The molecule has 98 valence electrons. The predicted molar refractivity (Wildman–Crippen MR) is 71.3 cm³/mol. The second-order valence-corrected chi connectivity index (χ2v) is 4.36. The largest absolute Gasteiger partial charge is 0.454 e. The first kappa shape index (κ1) is 10.9. The zero-order valence-electron chi connectivity index (χ0n) is 10.1. The monoisotopic (exact) mass is 269 g/mol. The third-order valence-corrected chi connectivity index (χ3v) is 3.04. The number of anilines is 1. The Morgan fingerprint density at radius 3 is 3.00 bits per heavy atom. The molecule has 6 nitrogen and oxygen atoms in total. The molecule has 3 N–H and O–H groups in total. The highest BCUT2D eigenvalue weighted by atomic mass is 19.1. The summed E-state index contributed by atoms with van der Waals surface area (Å²) < 4.78 is 18.9. The van der Waals surface area contributed by atoms with E-state index in [0.717, 1.165) is 0 Å². The molecule has 0 saturated heterocycles. The van der Waals surface area contributed by atoms with E-state index in [1.807, 2.05) is 0 Å². The summed E-state index contributed by atoms with van der Waals surface area (Å²) in [6.45, 7) is 0. The molecule has 0 spiro atoms. The zero-order chi connectivity index (χ0) is 13.7. The Labute approximate surface area is 111 Å². The highest BCUT2D eigenvalue weighted by molar-refractivity contribution is 5.92. The van der Waals surface area contributed by atoms with Gasteiger partial charge in [-0.25, -0.2) is 9.37 Å². The molecule has 0 aliphatic heterocycles. The molecule has 1 aromatic carbocycles. The topological polar surface area (TPSA) is 93.6 Å². The molecular weight excluding hydrogens is 261 g/mol. The highest BCUT2D eigenvalue weighted by Crippen LogP contribution is 2.31. The van der Waals surface area contributed by atoms with E-state index < -0.39 is 0 Å². The van der Waals surface area contributed by atoms with Crippen molar-refractivity contribution in [1.82, 2.24) is 20.2 Å². The maximum absolute atomic E-state index is 13.2. The van der Waals surface area contributed by atoms with E-state index in [0.29, 0.717) is 33.5 Å². The van der Waals surface area contributed by atoms with Gasteiger partial charge in [0.2, 0.25) is 5.95 Å². The Kier molecular flexibility index (Phi) is 2.06. The second-order valence-electron chi connectivity index (χ2n) is 4.36. The molecule has 0 saturated carbocycles. The molecule has 3 heterocycles. The van der Waals surface area contributed by atoms with Gasteiger partial charge in [-0.15, -0.1) is 0 Å². The number of H-pyrrole nitrogens is 1. The Hall–Kier alpha value is -2.96. The number of halogens is 1. The number of hydrogen-bond acceptors (Lipinski definition) is 5. The highest BCUT2D eigenvalue weighted by Gasteiger charge is 2.14. The Morgan fingerprint density at radius 2 is 2.10 bits per heavy atom. The van der Waals surface area contributed by atoms with E-state index in [1.165, 1.54) is 12.1 Å². The van der Waals surface area contributed by atoms with Crippen molar-refractivity contribution in [2.24, 2.45) is 0 Å². The fraction of sp³-hybridized carbons (Fsp3) is 0. The minimum Gasteiger partial charge on any atom is -0.454 e. The van der Waals surface area contributed by atoms with Crippen molar-refractivity contribution in [3.05, 3.63) is 36.3 Å². The van der Waals surface area contributed by atoms with Crippen molar-refractivity contribution in [3.63, 3.8) is 0 Å². The molecule has 0 atom stereocenters. The van der Waals surface area contributed by atoms with Crippen LogP contribution in [0.1, 0.15) is 0 Å². The maximum Gasteiger partial charge on any atom is 0.222 e. The number of nitrogens with one attached hydrogen (secondary N) is 1. The number of aromatic amines is 1. The van der Waals surface area contributed by atoms with Gasteiger partial charge in [-0.2, -0.15) is 10.1 Å². The number of hydrogen-bond donors (Lipinski definition) is 2. The van der Waals surface area contributed by atoms with Crippen LogP contribution in [0.25, 0.3) is 33.5 Å².